The number of rotatable bonds is 6. The van der Waals surface area contributed by atoms with E-state index < -0.39 is 0 Å². The quantitative estimate of drug-likeness (QED) is 0.860. The normalized spacial score (nSPS) is 12.4. The van der Waals surface area contributed by atoms with Crippen LogP contribution in [0.1, 0.15) is 47.6 Å². The van der Waals surface area contributed by atoms with E-state index in [2.05, 4.69) is 37.4 Å². The number of methoxy groups -OCH3 is 1. The van der Waals surface area contributed by atoms with Crippen molar-refractivity contribution in [2.75, 3.05) is 13.7 Å². The van der Waals surface area contributed by atoms with Gasteiger partial charge in [-0.05, 0) is 57.0 Å². The number of hydrogen-bond donors (Lipinski definition) is 1. The maximum Gasteiger partial charge on any atom is 0.121 e. The Kier molecular flexibility index (Phi) is 5.07. The fourth-order valence-electron chi connectivity index (χ4n) is 2.71. The van der Waals surface area contributed by atoms with Crippen LogP contribution in [0.2, 0.25) is 0 Å². The minimum absolute atomic E-state index is 0.159. The third-order valence-electron chi connectivity index (χ3n) is 3.74. The average molecular weight is 287 g/mol. The third kappa shape index (κ3) is 3.48. The second-order valence-electron chi connectivity index (χ2n) is 5.48. The summed E-state index contributed by atoms with van der Waals surface area (Å²) >= 11 is 0. The predicted molar refractivity (Wildman–Crippen MR) is 86.0 cm³/mol. The first kappa shape index (κ1) is 15.6. The molecule has 0 aliphatic carbocycles. The van der Waals surface area contributed by atoms with E-state index in [1.165, 1.54) is 11.1 Å². The van der Waals surface area contributed by atoms with Gasteiger partial charge in [-0.25, -0.2) is 0 Å². The zero-order valence-electron chi connectivity index (χ0n) is 13.6. The van der Waals surface area contributed by atoms with Crippen LogP contribution in [-0.4, -0.2) is 13.7 Å². The minimum atomic E-state index is 0.159. The molecule has 0 aliphatic rings. The molecule has 1 aromatic carbocycles. The van der Waals surface area contributed by atoms with Gasteiger partial charge in [-0.2, -0.15) is 0 Å². The van der Waals surface area contributed by atoms with E-state index >= 15 is 0 Å². The van der Waals surface area contributed by atoms with Crippen LogP contribution in [0.3, 0.4) is 0 Å². The molecule has 0 bridgehead atoms. The Morgan fingerprint density at radius 2 is 1.95 bits per heavy atom. The molecule has 2 aromatic rings. The van der Waals surface area contributed by atoms with Gasteiger partial charge in [-0.15, -0.1) is 0 Å². The first-order valence-corrected chi connectivity index (χ1v) is 7.51. The van der Waals surface area contributed by atoms with Gasteiger partial charge in [0.1, 0.15) is 17.3 Å². The predicted octanol–water partition coefficient (Wildman–Crippen LogP) is 4.30. The van der Waals surface area contributed by atoms with Gasteiger partial charge in [-0.1, -0.05) is 19.1 Å². The molecule has 2 rings (SSSR count). The molecule has 0 fully saturated rings. The largest absolute Gasteiger partial charge is 0.496 e. The van der Waals surface area contributed by atoms with Crippen molar-refractivity contribution in [1.82, 2.24) is 5.32 Å². The van der Waals surface area contributed by atoms with Gasteiger partial charge in [0.2, 0.25) is 0 Å². The molecule has 3 nitrogen and oxygen atoms in total. The third-order valence-corrected chi connectivity index (χ3v) is 3.74. The van der Waals surface area contributed by atoms with E-state index in [0.29, 0.717) is 0 Å². The lowest BCUT2D eigenvalue weighted by atomic mass is 9.97. The molecule has 1 N–H and O–H groups in total. The lowest BCUT2D eigenvalue weighted by molar-refractivity contribution is 0.411. The molecular weight excluding hydrogens is 262 g/mol. The monoisotopic (exact) mass is 287 g/mol. The van der Waals surface area contributed by atoms with Crippen LogP contribution in [0.15, 0.2) is 28.7 Å². The SMILES string of the molecule is CCCNC(c1ccc(OC)c(C)c1)c1cc(C)oc1C. The maximum absolute atomic E-state index is 5.71. The average Bonchev–Trinajstić information content (AvgIpc) is 2.78. The van der Waals surface area contributed by atoms with Gasteiger partial charge < -0.3 is 14.5 Å². The van der Waals surface area contributed by atoms with Gasteiger partial charge in [0.05, 0.1) is 13.2 Å². The van der Waals surface area contributed by atoms with Crippen LogP contribution >= 0.6 is 0 Å². The number of ether oxygens (including phenoxy) is 1. The summed E-state index contributed by atoms with van der Waals surface area (Å²) in [5, 5.41) is 3.62. The lowest BCUT2D eigenvalue weighted by Crippen LogP contribution is -2.23. The van der Waals surface area contributed by atoms with Gasteiger partial charge in [0, 0.05) is 5.56 Å². The van der Waals surface area contributed by atoms with E-state index in [-0.39, 0.29) is 6.04 Å². The van der Waals surface area contributed by atoms with E-state index in [4.69, 9.17) is 9.15 Å². The topological polar surface area (TPSA) is 34.4 Å². The highest BCUT2D eigenvalue weighted by Gasteiger charge is 2.19. The lowest BCUT2D eigenvalue weighted by Gasteiger charge is -2.20. The molecule has 3 heteroatoms. The van der Waals surface area contributed by atoms with Crippen molar-refractivity contribution in [2.45, 2.75) is 40.2 Å². The van der Waals surface area contributed by atoms with Crippen molar-refractivity contribution in [3.05, 3.63) is 52.5 Å². The number of furan rings is 1. The molecule has 0 radical (unpaired) electrons. The van der Waals surface area contributed by atoms with Gasteiger partial charge in [0.25, 0.3) is 0 Å². The Morgan fingerprint density at radius 1 is 1.19 bits per heavy atom. The number of benzene rings is 1. The number of nitrogens with one attached hydrogen (secondary N) is 1. The first-order chi connectivity index (χ1) is 10.1. The summed E-state index contributed by atoms with van der Waals surface area (Å²) in [6.45, 7) is 9.24. The summed E-state index contributed by atoms with van der Waals surface area (Å²) in [5.41, 5.74) is 3.60. The van der Waals surface area contributed by atoms with Gasteiger partial charge >= 0.3 is 0 Å². The Morgan fingerprint density at radius 3 is 2.48 bits per heavy atom. The highest BCUT2D eigenvalue weighted by molar-refractivity contribution is 5.41. The smallest absolute Gasteiger partial charge is 0.121 e. The summed E-state index contributed by atoms with van der Waals surface area (Å²) in [7, 11) is 1.71. The van der Waals surface area contributed by atoms with E-state index in [1.54, 1.807) is 7.11 Å². The molecule has 114 valence electrons. The Balaban J connectivity index is 2.40. The van der Waals surface area contributed by atoms with Crippen molar-refractivity contribution in [3.63, 3.8) is 0 Å². The van der Waals surface area contributed by atoms with Crippen LogP contribution in [0.4, 0.5) is 0 Å². The standard InChI is InChI=1S/C18H25NO2/c1-6-9-19-18(16-11-13(3)21-14(16)4)15-7-8-17(20-5)12(2)10-15/h7-8,10-11,18-19H,6,9H2,1-5H3. The van der Waals surface area contributed by atoms with E-state index in [0.717, 1.165) is 35.8 Å². The van der Waals surface area contributed by atoms with Crippen molar-refractivity contribution in [1.29, 1.82) is 0 Å². The van der Waals surface area contributed by atoms with Crippen molar-refractivity contribution in [2.24, 2.45) is 0 Å². The molecule has 21 heavy (non-hydrogen) atoms. The van der Waals surface area contributed by atoms with E-state index in [9.17, 15) is 0 Å². The maximum atomic E-state index is 5.71. The van der Waals surface area contributed by atoms with Crippen LogP contribution in [-0.2, 0) is 0 Å². The molecule has 1 aromatic heterocycles. The molecule has 1 heterocycles. The zero-order valence-corrected chi connectivity index (χ0v) is 13.6. The molecule has 1 unspecified atom stereocenters. The molecule has 0 amide bonds. The second-order valence-corrected chi connectivity index (χ2v) is 5.48. The highest BCUT2D eigenvalue weighted by Crippen LogP contribution is 2.30. The summed E-state index contributed by atoms with van der Waals surface area (Å²) in [6.07, 6.45) is 1.10. The summed E-state index contributed by atoms with van der Waals surface area (Å²) in [5.74, 6) is 2.86. The number of hydrogen-bond acceptors (Lipinski definition) is 3. The van der Waals surface area contributed by atoms with Crippen LogP contribution in [0.25, 0.3) is 0 Å². The molecule has 0 aliphatic heterocycles. The van der Waals surface area contributed by atoms with Crippen LogP contribution in [0.5, 0.6) is 5.75 Å². The van der Waals surface area contributed by atoms with Gasteiger partial charge in [0.15, 0.2) is 0 Å². The highest BCUT2D eigenvalue weighted by atomic mass is 16.5. The van der Waals surface area contributed by atoms with Gasteiger partial charge in [-0.3, -0.25) is 0 Å². The van der Waals surface area contributed by atoms with Crippen LogP contribution in [0, 0.1) is 20.8 Å². The van der Waals surface area contributed by atoms with Crippen molar-refractivity contribution >= 4 is 0 Å². The minimum Gasteiger partial charge on any atom is -0.496 e. The zero-order chi connectivity index (χ0) is 15.4. The second kappa shape index (κ2) is 6.81. The fraction of sp³-hybridized carbons (Fsp3) is 0.444. The van der Waals surface area contributed by atoms with Crippen molar-refractivity contribution in [3.8, 4) is 5.75 Å². The Bertz CT molecular complexity index is 601. The van der Waals surface area contributed by atoms with E-state index in [1.807, 2.05) is 19.9 Å². The first-order valence-electron chi connectivity index (χ1n) is 7.51. The molecule has 0 saturated heterocycles. The molecule has 0 saturated carbocycles. The molecule has 1 atom stereocenters. The molecule has 0 spiro atoms. The fourth-order valence-corrected chi connectivity index (χ4v) is 2.71. The van der Waals surface area contributed by atoms with Crippen molar-refractivity contribution < 1.29 is 9.15 Å². The summed E-state index contributed by atoms with van der Waals surface area (Å²) < 4.78 is 11.1. The Hall–Kier alpha value is -1.74. The Labute approximate surface area is 127 Å². The van der Waals surface area contributed by atoms with Crippen LogP contribution < -0.4 is 10.1 Å². The summed E-state index contributed by atoms with van der Waals surface area (Å²) in [4.78, 5) is 0. The summed E-state index contributed by atoms with van der Waals surface area (Å²) in [6, 6.07) is 8.64. The number of aryl methyl sites for hydroxylation is 3. The molecular formula is C18H25NO2.